The highest BCUT2D eigenvalue weighted by molar-refractivity contribution is 8.00. The van der Waals surface area contributed by atoms with Crippen LogP contribution in [0, 0.1) is 0 Å². The summed E-state index contributed by atoms with van der Waals surface area (Å²) in [4.78, 5) is 51.7. The molecule has 0 aliphatic heterocycles. The smallest absolute Gasteiger partial charge is 0.272 e. The van der Waals surface area contributed by atoms with E-state index < -0.39 is 17.1 Å². The first-order valence-electron chi connectivity index (χ1n) is 14.7. The van der Waals surface area contributed by atoms with Crippen LogP contribution in [0.4, 0.5) is 17.1 Å². The minimum atomic E-state index is -0.580. The third-order valence-corrected chi connectivity index (χ3v) is 7.87. The van der Waals surface area contributed by atoms with Crippen LogP contribution >= 0.6 is 11.8 Å². The van der Waals surface area contributed by atoms with E-state index in [9.17, 15) is 19.2 Å². The zero-order chi connectivity index (χ0) is 34.6. The zero-order valence-electron chi connectivity index (χ0n) is 27.1. The highest BCUT2D eigenvalue weighted by atomic mass is 32.2. The Kier molecular flexibility index (Phi) is 12.2. The summed E-state index contributed by atoms with van der Waals surface area (Å²) in [6, 6.07) is 25.7. The van der Waals surface area contributed by atoms with Gasteiger partial charge >= 0.3 is 0 Å². The largest absolute Gasteiger partial charge is 0.493 e. The Labute approximate surface area is 283 Å². The van der Waals surface area contributed by atoms with E-state index in [1.165, 1.54) is 46.1 Å². The number of thioether (sulfide) groups is 1. The molecule has 0 bridgehead atoms. The van der Waals surface area contributed by atoms with Gasteiger partial charge in [-0.2, -0.15) is 0 Å². The maximum absolute atomic E-state index is 13.7. The first-order chi connectivity index (χ1) is 23.1. The van der Waals surface area contributed by atoms with Crippen molar-refractivity contribution in [3.63, 3.8) is 0 Å². The molecule has 1 atom stereocenters. The first kappa shape index (κ1) is 35.1. The van der Waals surface area contributed by atoms with Gasteiger partial charge in [0.2, 0.25) is 17.6 Å². The summed E-state index contributed by atoms with van der Waals surface area (Å²) in [5.41, 5.74) is 2.52. The molecule has 0 saturated heterocycles. The van der Waals surface area contributed by atoms with Gasteiger partial charge in [0.05, 0.1) is 26.6 Å². The molecule has 4 amide bonds. The average molecular weight is 669 g/mol. The SMILES string of the molecule is COc1cc(/C=C(/NC(=O)c2ccccc2)C(=O)Nc2cccc(SC(C)C(=O)Nc3ccc(NC(C)=O)cc3)c2)cc(OC)c1OC. The number of amides is 4. The second-order valence-electron chi connectivity index (χ2n) is 10.3. The normalized spacial score (nSPS) is 11.5. The van der Waals surface area contributed by atoms with Gasteiger partial charge in [-0.25, -0.2) is 0 Å². The van der Waals surface area contributed by atoms with Gasteiger partial charge in [0.15, 0.2) is 11.5 Å². The number of ether oxygens (including phenoxy) is 3. The molecular formula is C36H36N4O7S. The Morgan fingerprint density at radius 3 is 1.92 bits per heavy atom. The van der Waals surface area contributed by atoms with Crippen molar-refractivity contribution in [3.8, 4) is 17.2 Å². The van der Waals surface area contributed by atoms with Gasteiger partial charge in [-0.1, -0.05) is 24.3 Å². The Balaban J connectivity index is 1.52. The van der Waals surface area contributed by atoms with Crippen molar-refractivity contribution in [2.45, 2.75) is 24.0 Å². The van der Waals surface area contributed by atoms with Crippen LogP contribution in [0.25, 0.3) is 6.08 Å². The van der Waals surface area contributed by atoms with Crippen molar-refractivity contribution in [2.75, 3.05) is 37.3 Å². The molecular weight excluding hydrogens is 632 g/mol. The van der Waals surface area contributed by atoms with E-state index in [1.54, 1.807) is 91.9 Å². The van der Waals surface area contributed by atoms with Gasteiger partial charge in [0.1, 0.15) is 5.70 Å². The van der Waals surface area contributed by atoms with Gasteiger partial charge in [0, 0.05) is 34.4 Å². The molecule has 248 valence electrons. The first-order valence-corrected chi connectivity index (χ1v) is 15.6. The number of methoxy groups -OCH3 is 3. The Morgan fingerprint density at radius 1 is 0.708 bits per heavy atom. The summed E-state index contributed by atoms with van der Waals surface area (Å²) in [7, 11) is 4.46. The van der Waals surface area contributed by atoms with Crippen LogP contribution in [-0.4, -0.2) is 50.2 Å². The molecule has 0 saturated carbocycles. The highest BCUT2D eigenvalue weighted by Crippen LogP contribution is 2.38. The maximum atomic E-state index is 13.7. The molecule has 11 nitrogen and oxygen atoms in total. The van der Waals surface area contributed by atoms with Crippen molar-refractivity contribution in [2.24, 2.45) is 0 Å². The summed E-state index contributed by atoms with van der Waals surface area (Å²) in [6.45, 7) is 3.20. The van der Waals surface area contributed by atoms with Crippen LogP contribution < -0.4 is 35.5 Å². The van der Waals surface area contributed by atoms with Crippen molar-refractivity contribution >= 4 is 58.5 Å². The predicted molar refractivity (Wildman–Crippen MR) is 188 cm³/mol. The van der Waals surface area contributed by atoms with E-state index in [-0.39, 0.29) is 17.5 Å². The van der Waals surface area contributed by atoms with Crippen LogP contribution in [0.3, 0.4) is 0 Å². The maximum Gasteiger partial charge on any atom is 0.272 e. The monoisotopic (exact) mass is 668 g/mol. The fourth-order valence-corrected chi connectivity index (χ4v) is 5.41. The van der Waals surface area contributed by atoms with Gasteiger partial charge in [-0.05, 0) is 85.3 Å². The number of benzene rings is 4. The van der Waals surface area contributed by atoms with Crippen LogP contribution in [-0.2, 0) is 14.4 Å². The van der Waals surface area contributed by atoms with Gasteiger partial charge in [0.25, 0.3) is 11.8 Å². The number of hydrogen-bond acceptors (Lipinski definition) is 8. The van der Waals surface area contributed by atoms with Crippen LogP contribution in [0.5, 0.6) is 17.2 Å². The van der Waals surface area contributed by atoms with Crippen LogP contribution in [0.1, 0.15) is 29.8 Å². The molecule has 4 aromatic carbocycles. The fraction of sp³-hybridized carbons (Fsp3) is 0.167. The van der Waals surface area contributed by atoms with Gasteiger partial charge in [-0.15, -0.1) is 11.8 Å². The van der Waals surface area contributed by atoms with Crippen molar-refractivity contribution in [3.05, 3.63) is 108 Å². The molecule has 4 N–H and O–H groups in total. The van der Waals surface area contributed by atoms with Gasteiger partial charge < -0.3 is 35.5 Å². The third kappa shape index (κ3) is 9.63. The number of carbonyl (C=O) groups excluding carboxylic acids is 4. The van der Waals surface area contributed by atoms with E-state index in [4.69, 9.17) is 14.2 Å². The summed E-state index contributed by atoms with van der Waals surface area (Å²) in [5, 5.41) is 10.6. The summed E-state index contributed by atoms with van der Waals surface area (Å²) < 4.78 is 16.3. The van der Waals surface area contributed by atoms with Gasteiger partial charge in [-0.3, -0.25) is 19.2 Å². The summed E-state index contributed by atoms with van der Waals surface area (Å²) in [5.74, 6) is -0.321. The second-order valence-corrected chi connectivity index (χ2v) is 11.7. The molecule has 48 heavy (non-hydrogen) atoms. The van der Waals surface area contributed by atoms with E-state index in [0.717, 1.165) is 4.90 Å². The van der Waals surface area contributed by atoms with Crippen molar-refractivity contribution in [1.82, 2.24) is 5.32 Å². The molecule has 0 fully saturated rings. The lowest BCUT2D eigenvalue weighted by molar-refractivity contribution is -0.115. The number of carbonyl (C=O) groups is 4. The number of hydrogen-bond donors (Lipinski definition) is 4. The number of rotatable bonds is 13. The molecule has 0 aliphatic rings. The molecule has 0 aliphatic carbocycles. The topological polar surface area (TPSA) is 144 Å². The molecule has 0 heterocycles. The molecule has 0 aromatic heterocycles. The Morgan fingerprint density at radius 2 is 1.33 bits per heavy atom. The van der Waals surface area contributed by atoms with E-state index in [2.05, 4.69) is 21.3 Å². The third-order valence-electron chi connectivity index (χ3n) is 6.77. The zero-order valence-corrected chi connectivity index (χ0v) is 27.9. The molecule has 12 heteroatoms. The van der Waals surface area contributed by atoms with Crippen molar-refractivity contribution < 1.29 is 33.4 Å². The molecule has 0 spiro atoms. The van der Waals surface area contributed by atoms with E-state index in [1.807, 2.05) is 6.07 Å². The fourth-order valence-electron chi connectivity index (χ4n) is 4.48. The molecule has 0 radical (unpaired) electrons. The highest BCUT2D eigenvalue weighted by Gasteiger charge is 2.19. The molecule has 4 aromatic rings. The molecule has 1 unspecified atom stereocenters. The lowest BCUT2D eigenvalue weighted by Gasteiger charge is -2.15. The minimum absolute atomic E-state index is 0.0338. The van der Waals surface area contributed by atoms with Crippen LogP contribution in [0.15, 0.2) is 102 Å². The van der Waals surface area contributed by atoms with E-state index in [0.29, 0.717) is 45.4 Å². The Hall–Kier alpha value is -5.75. The molecule has 4 rings (SSSR count). The van der Waals surface area contributed by atoms with Crippen molar-refractivity contribution in [1.29, 1.82) is 0 Å². The van der Waals surface area contributed by atoms with Crippen LogP contribution in [0.2, 0.25) is 0 Å². The average Bonchev–Trinajstić information content (AvgIpc) is 3.08. The summed E-state index contributed by atoms with van der Waals surface area (Å²) >= 11 is 1.31. The predicted octanol–water partition coefficient (Wildman–Crippen LogP) is 6.20. The number of anilines is 3. The Bertz CT molecular complexity index is 1790. The number of nitrogens with one attached hydrogen (secondary N) is 4. The minimum Gasteiger partial charge on any atom is -0.493 e. The standard InChI is InChI=1S/C36H36N4O7S/c1-22(34(42)38-27-16-14-26(15-17-27)37-23(2)41)48-29-13-9-12-28(21-29)39-36(44)30(40-35(43)25-10-7-6-8-11-25)18-24-19-31(45-3)33(47-5)32(20-24)46-4/h6-22H,1-5H3,(H,37,41)(H,38,42)(H,39,44)(H,40,43)/b30-18+. The second kappa shape index (κ2) is 16.7. The summed E-state index contributed by atoms with van der Waals surface area (Å²) in [6.07, 6.45) is 1.51. The quantitative estimate of drug-likeness (QED) is 0.0974. The van der Waals surface area contributed by atoms with E-state index >= 15 is 0 Å². The lowest BCUT2D eigenvalue weighted by atomic mass is 10.1. The lowest BCUT2D eigenvalue weighted by Crippen LogP contribution is -2.30.